The van der Waals surface area contributed by atoms with Gasteiger partial charge in [0.1, 0.15) is 5.58 Å². The van der Waals surface area contributed by atoms with E-state index in [2.05, 4.69) is 36.2 Å². The van der Waals surface area contributed by atoms with E-state index in [9.17, 15) is 0 Å². The molecule has 3 aromatic rings. The second kappa shape index (κ2) is 6.00. The monoisotopic (exact) mass is 327 g/mol. The zero-order valence-corrected chi connectivity index (χ0v) is 13.7. The molecule has 1 aromatic heterocycles. The van der Waals surface area contributed by atoms with Crippen LogP contribution in [0.3, 0.4) is 0 Å². The van der Waals surface area contributed by atoms with Gasteiger partial charge in [0.2, 0.25) is 0 Å². The molecule has 0 amide bonds. The van der Waals surface area contributed by atoms with E-state index in [1.165, 1.54) is 5.56 Å². The molecule has 2 aromatic carbocycles. The van der Waals surface area contributed by atoms with E-state index in [4.69, 9.17) is 20.8 Å². The van der Waals surface area contributed by atoms with Crippen molar-refractivity contribution in [2.45, 2.75) is 6.10 Å². The molecule has 23 heavy (non-hydrogen) atoms. The normalized spacial score (nSPS) is 19.3. The molecule has 1 aliphatic heterocycles. The zero-order valence-electron chi connectivity index (χ0n) is 13.0. The van der Waals surface area contributed by atoms with Crippen molar-refractivity contribution in [1.29, 1.82) is 0 Å². The fraction of sp³-hybridized carbons (Fsp3) is 0.263. The molecule has 1 saturated heterocycles. The third-order valence-electron chi connectivity index (χ3n) is 4.39. The average molecular weight is 328 g/mol. The lowest BCUT2D eigenvalue weighted by atomic mass is 9.98. The standard InChI is InChI=1S/C19H18ClNO2/c1-21-8-10-22-17(12-21)14-3-2-4-15(11-14)18-16(20)6-5-13-7-9-23-19(13)18/h2-7,9,11,17H,8,10,12H2,1H3. The van der Waals surface area contributed by atoms with Crippen molar-refractivity contribution in [3.8, 4) is 11.1 Å². The van der Waals surface area contributed by atoms with Gasteiger partial charge < -0.3 is 14.1 Å². The quantitative estimate of drug-likeness (QED) is 0.679. The van der Waals surface area contributed by atoms with Crippen LogP contribution in [0.25, 0.3) is 22.1 Å². The van der Waals surface area contributed by atoms with Crippen LogP contribution in [0.15, 0.2) is 53.1 Å². The van der Waals surface area contributed by atoms with Crippen molar-refractivity contribution >= 4 is 22.6 Å². The number of hydrogen-bond donors (Lipinski definition) is 0. The molecule has 0 bridgehead atoms. The molecule has 0 saturated carbocycles. The molecule has 4 rings (SSSR count). The number of rotatable bonds is 2. The molecule has 1 aliphatic rings. The highest BCUT2D eigenvalue weighted by molar-refractivity contribution is 6.34. The second-order valence-corrected chi connectivity index (χ2v) is 6.42. The first kappa shape index (κ1) is 14.8. The van der Waals surface area contributed by atoms with Gasteiger partial charge >= 0.3 is 0 Å². The van der Waals surface area contributed by atoms with Crippen molar-refractivity contribution in [3.05, 3.63) is 59.3 Å². The highest BCUT2D eigenvalue weighted by Crippen LogP contribution is 2.37. The lowest BCUT2D eigenvalue weighted by Crippen LogP contribution is -2.35. The first-order chi connectivity index (χ1) is 11.2. The topological polar surface area (TPSA) is 25.6 Å². The maximum Gasteiger partial charge on any atom is 0.143 e. The zero-order chi connectivity index (χ0) is 15.8. The van der Waals surface area contributed by atoms with Gasteiger partial charge in [0.15, 0.2) is 0 Å². The molecule has 0 aliphatic carbocycles. The van der Waals surface area contributed by atoms with Gasteiger partial charge in [-0.15, -0.1) is 0 Å². The summed E-state index contributed by atoms with van der Waals surface area (Å²) in [6.45, 7) is 2.65. The van der Waals surface area contributed by atoms with Crippen LogP contribution in [0.5, 0.6) is 0 Å². The van der Waals surface area contributed by atoms with Crippen molar-refractivity contribution < 1.29 is 9.15 Å². The molecular weight excluding hydrogens is 310 g/mol. The smallest absolute Gasteiger partial charge is 0.143 e. The van der Waals surface area contributed by atoms with Crippen molar-refractivity contribution in [2.75, 3.05) is 26.7 Å². The Hall–Kier alpha value is -1.81. The van der Waals surface area contributed by atoms with Gasteiger partial charge in [-0.25, -0.2) is 0 Å². The number of fused-ring (bicyclic) bond motifs is 1. The molecule has 2 heterocycles. The Kier molecular flexibility index (Phi) is 3.85. The minimum Gasteiger partial charge on any atom is -0.464 e. The lowest BCUT2D eigenvalue weighted by molar-refractivity contribution is -0.0208. The van der Waals surface area contributed by atoms with Crippen LogP contribution in [0, 0.1) is 0 Å². The third kappa shape index (κ3) is 2.76. The molecule has 1 atom stereocenters. The predicted molar refractivity (Wildman–Crippen MR) is 92.9 cm³/mol. The molecule has 118 valence electrons. The van der Waals surface area contributed by atoms with Crippen LogP contribution in [0.2, 0.25) is 5.02 Å². The molecule has 0 radical (unpaired) electrons. The largest absolute Gasteiger partial charge is 0.464 e. The number of ether oxygens (including phenoxy) is 1. The van der Waals surface area contributed by atoms with Gasteiger partial charge in [-0.3, -0.25) is 0 Å². The minimum absolute atomic E-state index is 0.100. The van der Waals surface area contributed by atoms with E-state index in [0.717, 1.165) is 41.8 Å². The molecule has 0 N–H and O–H groups in total. The number of furan rings is 1. The van der Waals surface area contributed by atoms with Crippen LogP contribution >= 0.6 is 11.6 Å². The number of halogens is 1. The highest BCUT2D eigenvalue weighted by atomic mass is 35.5. The van der Waals surface area contributed by atoms with E-state index >= 15 is 0 Å². The maximum absolute atomic E-state index is 6.46. The van der Waals surface area contributed by atoms with E-state index in [0.29, 0.717) is 5.02 Å². The Morgan fingerprint density at radius 3 is 2.96 bits per heavy atom. The maximum atomic E-state index is 6.46. The molecular formula is C19H18ClNO2. The van der Waals surface area contributed by atoms with Crippen LogP contribution < -0.4 is 0 Å². The number of benzene rings is 2. The molecule has 4 heteroatoms. The number of likely N-dealkylation sites (N-methyl/N-ethyl adjacent to an activating group) is 1. The van der Waals surface area contributed by atoms with Crippen molar-refractivity contribution in [3.63, 3.8) is 0 Å². The fourth-order valence-corrected chi connectivity index (χ4v) is 3.41. The summed E-state index contributed by atoms with van der Waals surface area (Å²) in [6, 6.07) is 14.3. The number of morpholine rings is 1. The third-order valence-corrected chi connectivity index (χ3v) is 4.70. The van der Waals surface area contributed by atoms with E-state index in [-0.39, 0.29) is 6.10 Å². The van der Waals surface area contributed by atoms with Gasteiger partial charge in [-0.2, -0.15) is 0 Å². The Labute approximate surface area is 140 Å². The molecule has 1 unspecified atom stereocenters. The van der Waals surface area contributed by atoms with Gasteiger partial charge in [-0.05, 0) is 42.4 Å². The minimum atomic E-state index is 0.100. The summed E-state index contributed by atoms with van der Waals surface area (Å²) in [5.41, 5.74) is 4.01. The van der Waals surface area contributed by atoms with Crippen LogP contribution in [0.4, 0.5) is 0 Å². The second-order valence-electron chi connectivity index (χ2n) is 6.01. The van der Waals surface area contributed by atoms with Crippen LogP contribution in [-0.4, -0.2) is 31.6 Å². The SMILES string of the molecule is CN1CCOC(c2cccc(-c3c(Cl)ccc4ccoc34)c2)C1. The molecule has 3 nitrogen and oxygen atoms in total. The van der Waals surface area contributed by atoms with E-state index < -0.39 is 0 Å². The first-order valence-corrected chi connectivity index (χ1v) is 8.16. The van der Waals surface area contributed by atoms with Crippen molar-refractivity contribution in [2.24, 2.45) is 0 Å². The Morgan fingerprint density at radius 1 is 1.17 bits per heavy atom. The number of hydrogen-bond acceptors (Lipinski definition) is 3. The van der Waals surface area contributed by atoms with Gasteiger partial charge in [-0.1, -0.05) is 29.8 Å². The highest BCUT2D eigenvalue weighted by Gasteiger charge is 2.20. The molecule has 1 fully saturated rings. The summed E-state index contributed by atoms with van der Waals surface area (Å²) in [7, 11) is 2.12. The number of nitrogens with zero attached hydrogens (tertiary/aromatic N) is 1. The van der Waals surface area contributed by atoms with Gasteiger partial charge in [0.05, 0.1) is 24.0 Å². The first-order valence-electron chi connectivity index (χ1n) is 7.78. The molecule has 0 spiro atoms. The van der Waals surface area contributed by atoms with Gasteiger partial charge in [0.25, 0.3) is 0 Å². The Morgan fingerprint density at radius 2 is 2.09 bits per heavy atom. The summed E-state index contributed by atoms with van der Waals surface area (Å²) in [5, 5.41) is 1.76. The lowest BCUT2D eigenvalue weighted by Gasteiger charge is -2.30. The van der Waals surface area contributed by atoms with Gasteiger partial charge in [0, 0.05) is 24.0 Å². The fourth-order valence-electron chi connectivity index (χ4n) is 3.15. The van der Waals surface area contributed by atoms with E-state index in [1.807, 2.05) is 18.2 Å². The summed E-state index contributed by atoms with van der Waals surface area (Å²) < 4.78 is 11.6. The summed E-state index contributed by atoms with van der Waals surface area (Å²) in [4.78, 5) is 2.29. The van der Waals surface area contributed by atoms with Crippen LogP contribution in [0.1, 0.15) is 11.7 Å². The van der Waals surface area contributed by atoms with Crippen LogP contribution in [-0.2, 0) is 4.74 Å². The summed E-state index contributed by atoms with van der Waals surface area (Å²) in [5.74, 6) is 0. The average Bonchev–Trinajstić information content (AvgIpc) is 3.03. The van der Waals surface area contributed by atoms with E-state index in [1.54, 1.807) is 6.26 Å². The summed E-state index contributed by atoms with van der Waals surface area (Å²) in [6.07, 6.45) is 1.80. The summed E-state index contributed by atoms with van der Waals surface area (Å²) >= 11 is 6.46. The predicted octanol–water partition coefficient (Wildman–Crippen LogP) is 4.76. The Bertz CT molecular complexity index is 842. The Balaban J connectivity index is 1.78. The van der Waals surface area contributed by atoms with Crippen molar-refractivity contribution in [1.82, 2.24) is 4.90 Å².